The molecule has 0 radical (unpaired) electrons. The summed E-state index contributed by atoms with van der Waals surface area (Å²) in [5.41, 5.74) is 1.07. The lowest BCUT2D eigenvalue weighted by molar-refractivity contribution is 0.447. The first-order valence-electron chi connectivity index (χ1n) is 5.19. The molecule has 0 atom stereocenters. The number of hydrogen-bond acceptors (Lipinski definition) is 1. The van der Waals surface area contributed by atoms with Crippen molar-refractivity contribution in [3.05, 3.63) is 64.4 Å². The van der Waals surface area contributed by atoms with E-state index in [1.165, 1.54) is 0 Å². The fourth-order valence-corrected chi connectivity index (χ4v) is 1.59. The first kappa shape index (κ1) is 12.8. The summed E-state index contributed by atoms with van der Waals surface area (Å²) in [7, 11) is 0. The molecule has 0 unspecified atom stereocenters. The number of hydrogen-bond donors (Lipinski definition) is 1. The van der Waals surface area contributed by atoms with E-state index in [4.69, 9.17) is 11.6 Å². The van der Waals surface area contributed by atoms with E-state index >= 15 is 0 Å². The maximum atomic E-state index is 12.9. The van der Waals surface area contributed by atoms with Gasteiger partial charge in [-0.05, 0) is 17.7 Å². The smallest absolute Gasteiger partial charge is 0.194 e. The highest BCUT2D eigenvalue weighted by atomic mass is 35.5. The predicted octanol–water partition coefficient (Wildman–Crippen LogP) is 4.37. The topological polar surface area (TPSA) is 12.0 Å². The quantitative estimate of drug-likeness (QED) is 0.818. The van der Waals surface area contributed by atoms with Gasteiger partial charge in [0.1, 0.15) is 0 Å². The summed E-state index contributed by atoms with van der Waals surface area (Å²) in [6.07, 6.45) is 0. The van der Waals surface area contributed by atoms with Crippen molar-refractivity contribution in [3.8, 4) is 0 Å². The molecule has 5 heteroatoms. The van der Waals surface area contributed by atoms with Gasteiger partial charge in [-0.15, -0.1) is 0 Å². The fourth-order valence-electron chi connectivity index (χ4n) is 1.46. The van der Waals surface area contributed by atoms with E-state index in [9.17, 15) is 13.2 Å². The van der Waals surface area contributed by atoms with Crippen molar-refractivity contribution in [2.24, 2.45) is 0 Å². The van der Waals surface area contributed by atoms with Crippen molar-refractivity contribution < 1.29 is 13.2 Å². The van der Waals surface area contributed by atoms with Crippen LogP contribution in [0.15, 0.2) is 36.4 Å². The molecule has 0 heterocycles. The lowest BCUT2D eigenvalue weighted by atomic mass is 10.2. The molecule has 0 bridgehead atoms. The van der Waals surface area contributed by atoms with E-state index in [2.05, 4.69) is 5.32 Å². The number of nitrogens with one attached hydrogen (secondary N) is 1. The third kappa shape index (κ3) is 2.96. The van der Waals surface area contributed by atoms with Crippen LogP contribution in [0.25, 0.3) is 0 Å². The maximum absolute atomic E-state index is 12.9. The molecule has 94 valence electrons. The third-order valence-corrected chi connectivity index (χ3v) is 2.65. The second kappa shape index (κ2) is 5.31. The van der Waals surface area contributed by atoms with Crippen molar-refractivity contribution in [2.75, 3.05) is 5.32 Å². The van der Waals surface area contributed by atoms with Gasteiger partial charge in [0.2, 0.25) is 0 Å². The Bertz CT molecular complexity index is 532. The second-order valence-electron chi connectivity index (χ2n) is 3.73. The zero-order valence-electron chi connectivity index (χ0n) is 9.18. The summed E-state index contributed by atoms with van der Waals surface area (Å²) in [5, 5.41) is 3.41. The van der Waals surface area contributed by atoms with Crippen LogP contribution in [0.4, 0.5) is 18.9 Å². The molecule has 0 aliphatic rings. The summed E-state index contributed by atoms with van der Waals surface area (Å²) >= 11 is 5.73. The molecular formula is C13H9ClF3N. The molecule has 0 saturated heterocycles. The fraction of sp³-hybridized carbons (Fsp3) is 0.0769. The second-order valence-corrected chi connectivity index (χ2v) is 4.17. The first-order valence-corrected chi connectivity index (χ1v) is 5.57. The summed E-state index contributed by atoms with van der Waals surface area (Å²) < 4.78 is 38.6. The van der Waals surface area contributed by atoms with E-state index in [-0.39, 0.29) is 5.69 Å². The van der Waals surface area contributed by atoms with Gasteiger partial charge in [0, 0.05) is 29.4 Å². The maximum Gasteiger partial charge on any atom is 0.194 e. The van der Waals surface area contributed by atoms with Gasteiger partial charge in [-0.3, -0.25) is 0 Å². The predicted molar refractivity (Wildman–Crippen MR) is 65.1 cm³/mol. The molecule has 0 saturated carbocycles. The van der Waals surface area contributed by atoms with Crippen molar-refractivity contribution >= 4 is 17.3 Å². The molecule has 0 aliphatic heterocycles. The Kier molecular flexibility index (Phi) is 3.77. The molecule has 0 fully saturated rings. The van der Waals surface area contributed by atoms with Crippen LogP contribution in [-0.4, -0.2) is 0 Å². The van der Waals surface area contributed by atoms with E-state index in [1.54, 1.807) is 24.3 Å². The van der Waals surface area contributed by atoms with Crippen molar-refractivity contribution in [1.82, 2.24) is 0 Å². The largest absolute Gasteiger partial charge is 0.381 e. The Morgan fingerprint density at radius 1 is 0.944 bits per heavy atom. The summed E-state index contributed by atoms with van der Waals surface area (Å²) in [5.74, 6) is -3.89. The van der Waals surface area contributed by atoms with Gasteiger partial charge in [-0.2, -0.15) is 0 Å². The molecule has 2 aromatic carbocycles. The van der Waals surface area contributed by atoms with Gasteiger partial charge in [0.15, 0.2) is 17.5 Å². The molecule has 0 aromatic heterocycles. The average Bonchev–Trinajstić information content (AvgIpc) is 2.35. The lowest BCUT2D eigenvalue weighted by Crippen LogP contribution is -2.01. The lowest BCUT2D eigenvalue weighted by Gasteiger charge is -2.07. The van der Waals surface area contributed by atoms with Crippen LogP contribution in [0.1, 0.15) is 5.56 Å². The number of rotatable bonds is 3. The van der Waals surface area contributed by atoms with Crippen LogP contribution < -0.4 is 5.32 Å². The number of benzene rings is 2. The Hall–Kier alpha value is -1.68. The minimum atomic E-state index is -1.47. The highest BCUT2D eigenvalue weighted by molar-refractivity contribution is 6.30. The Morgan fingerprint density at radius 3 is 2.06 bits per heavy atom. The minimum absolute atomic E-state index is 0.182. The standard InChI is InChI=1S/C13H9ClF3N/c14-9-3-1-8(2-4-9)7-18-10-5-11(15)13(17)12(16)6-10/h1-6,18H,7H2. The molecule has 0 amide bonds. The number of halogens is 4. The summed E-state index contributed by atoms with van der Waals surface area (Å²) in [4.78, 5) is 0. The Balaban J connectivity index is 2.08. The summed E-state index contributed by atoms with van der Waals surface area (Å²) in [6, 6.07) is 8.81. The molecule has 1 nitrogen and oxygen atoms in total. The monoisotopic (exact) mass is 271 g/mol. The molecule has 0 aliphatic carbocycles. The molecular weight excluding hydrogens is 263 g/mol. The number of anilines is 1. The molecule has 0 spiro atoms. The minimum Gasteiger partial charge on any atom is -0.381 e. The third-order valence-electron chi connectivity index (χ3n) is 2.39. The van der Waals surface area contributed by atoms with Crippen LogP contribution in [0.5, 0.6) is 0 Å². The van der Waals surface area contributed by atoms with Crippen LogP contribution >= 0.6 is 11.6 Å². The van der Waals surface area contributed by atoms with Crippen LogP contribution in [0.2, 0.25) is 5.02 Å². The SMILES string of the molecule is Fc1cc(NCc2ccc(Cl)cc2)cc(F)c1F. The normalized spacial score (nSPS) is 10.4. The zero-order chi connectivity index (χ0) is 13.1. The average molecular weight is 272 g/mol. The van der Waals surface area contributed by atoms with Gasteiger partial charge in [0.05, 0.1) is 0 Å². The molecule has 1 N–H and O–H groups in total. The molecule has 2 aromatic rings. The van der Waals surface area contributed by atoms with Crippen molar-refractivity contribution in [1.29, 1.82) is 0 Å². The Labute approximate surface area is 107 Å². The van der Waals surface area contributed by atoms with Gasteiger partial charge in [-0.1, -0.05) is 23.7 Å². The van der Waals surface area contributed by atoms with Gasteiger partial charge in [0.25, 0.3) is 0 Å². The van der Waals surface area contributed by atoms with E-state index in [0.29, 0.717) is 11.6 Å². The van der Waals surface area contributed by atoms with Gasteiger partial charge >= 0.3 is 0 Å². The van der Waals surface area contributed by atoms with E-state index < -0.39 is 17.5 Å². The van der Waals surface area contributed by atoms with Crippen LogP contribution in [0.3, 0.4) is 0 Å². The highest BCUT2D eigenvalue weighted by Gasteiger charge is 2.10. The van der Waals surface area contributed by atoms with Gasteiger partial charge < -0.3 is 5.32 Å². The molecule has 18 heavy (non-hydrogen) atoms. The highest BCUT2D eigenvalue weighted by Crippen LogP contribution is 2.18. The van der Waals surface area contributed by atoms with Crippen LogP contribution in [0, 0.1) is 17.5 Å². The van der Waals surface area contributed by atoms with Gasteiger partial charge in [-0.25, -0.2) is 13.2 Å². The zero-order valence-corrected chi connectivity index (χ0v) is 9.94. The summed E-state index contributed by atoms with van der Waals surface area (Å²) in [6.45, 7) is 0.363. The van der Waals surface area contributed by atoms with E-state index in [1.807, 2.05) is 0 Å². The van der Waals surface area contributed by atoms with Crippen LogP contribution in [-0.2, 0) is 6.54 Å². The molecule has 2 rings (SSSR count). The Morgan fingerprint density at radius 2 is 1.50 bits per heavy atom. The first-order chi connectivity index (χ1) is 8.56. The van der Waals surface area contributed by atoms with Crippen molar-refractivity contribution in [2.45, 2.75) is 6.54 Å². The van der Waals surface area contributed by atoms with Crippen molar-refractivity contribution in [3.63, 3.8) is 0 Å². The van der Waals surface area contributed by atoms with E-state index in [0.717, 1.165) is 17.7 Å².